The molecule has 0 aromatic heterocycles. The Kier molecular flexibility index (Phi) is 3.69. The summed E-state index contributed by atoms with van der Waals surface area (Å²) in [6.07, 6.45) is 0. The number of amides is 1. The summed E-state index contributed by atoms with van der Waals surface area (Å²) in [5.41, 5.74) is 1.58. The number of benzene rings is 1. The maximum atomic E-state index is 12.0. The number of thiol groups is 1. The SMILES string of the molecule is O=C(c1ccc(NS)cc1)N1CCOCC1. The number of rotatable bonds is 2. The second-order valence-electron chi connectivity index (χ2n) is 3.59. The van der Waals surface area contributed by atoms with E-state index in [1.807, 2.05) is 17.0 Å². The molecule has 1 saturated heterocycles. The normalized spacial score (nSPS) is 15.9. The third kappa shape index (κ3) is 2.48. The van der Waals surface area contributed by atoms with E-state index in [0.29, 0.717) is 31.9 Å². The van der Waals surface area contributed by atoms with Gasteiger partial charge in [0.15, 0.2) is 0 Å². The van der Waals surface area contributed by atoms with Crippen LogP contribution in [0, 0.1) is 0 Å². The van der Waals surface area contributed by atoms with Gasteiger partial charge in [0, 0.05) is 24.3 Å². The van der Waals surface area contributed by atoms with E-state index in [2.05, 4.69) is 17.5 Å². The van der Waals surface area contributed by atoms with E-state index in [1.165, 1.54) is 0 Å². The lowest BCUT2D eigenvalue weighted by molar-refractivity contribution is 0.0303. The van der Waals surface area contributed by atoms with Gasteiger partial charge in [0.1, 0.15) is 0 Å². The van der Waals surface area contributed by atoms with Gasteiger partial charge < -0.3 is 14.4 Å². The molecule has 16 heavy (non-hydrogen) atoms. The Morgan fingerprint density at radius 3 is 2.44 bits per heavy atom. The Morgan fingerprint density at radius 1 is 1.25 bits per heavy atom. The van der Waals surface area contributed by atoms with Gasteiger partial charge >= 0.3 is 0 Å². The van der Waals surface area contributed by atoms with Crippen molar-refractivity contribution in [2.75, 3.05) is 31.0 Å². The van der Waals surface area contributed by atoms with E-state index < -0.39 is 0 Å². The number of nitrogens with zero attached hydrogens (tertiary/aromatic N) is 1. The summed E-state index contributed by atoms with van der Waals surface area (Å²) < 4.78 is 7.93. The van der Waals surface area contributed by atoms with Gasteiger partial charge in [0.05, 0.1) is 13.2 Å². The van der Waals surface area contributed by atoms with Crippen molar-refractivity contribution in [3.63, 3.8) is 0 Å². The highest BCUT2D eigenvalue weighted by Gasteiger charge is 2.17. The largest absolute Gasteiger partial charge is 0.378 e. The van der Waals surface area contributed by atoms with Crippen molar-refractivity contribution in [1.82, 2.24) is 4.90 Å². The molecule has 1 aromatic rings. The van der Waals surface area contributed by atoms with Crippen molar-refractivity contribution in [2.45, 2.75) is 0 Å². The van der Waals surface area contributed by atoms with Crippen molar-refractivity contribution in [1.29, 1.82) is 0 Å². The van der Waals surface area contributed by atoms with Gasteiger partial charge in [-0.1, -0.05) is 12.8 Å². The number of nitrogens with one attached hydrogen (secondary N) is 1. The van der Waals surface area contributed by atoms with Crippen LogP contribution in [0.3, 0.4) is 0 Å². The maximum absolute atomic E-state index is 12.0. The molecular weight excluding hydrogens is 224 g/mol. The number of anilines is 1. The molecule has 4 nitrogen and oxygen atoms in total. The lowest BCUT2D eigenvalue weighted by Crippen LogP contribution is -2.40. The minimum absolute atomic E-state index is 0.0639. The van der Waals surface area contributed by atoms with Crippen molar-refractivity contribution in [3.8, 4) is 0 Å². The molecule has 0 saturated carbocycles. The van der Waals surface area contributed by atoms with Crippen LogP contribution < -0.4 is 4.72 Å². The van der Waals surface area contributed by atoms with E-state index in [-0.39, 0.29) is 5.91 Å². The Labute approximate surface area is 100 Å². The Bertz CT molecular complexity index is 361. The summed E-state index contributed by atoms with van der Waals surface area (Å²) in [6, 6.07) is 7.27. The number of carbonyl (C=O) groups is 1. The Hall–Kier alpha value is -1.20. The predicted octanol–water partition coefficient (Wildman–Crippen LogP) is 1.42. The third-order valence-corrected chi connectivity index (χ3v) is 2.82. The smallest absolute Gasteiger partial charge is 0.254 e. The number of carbonyl (C=O) groups excluding carboxylic acids is 1. The monoisotopic (exact) mass is 238 g/mol. The first-order chi connectivity index (χ1) is 7.81. The van der Waals surface area contributed by atoms with Gasteiger partial charge in [-0.05, 0) is 24.3 Å². The fraction of sp³-hybridized carbons (Fsp3) is 0.364. The zero-order chi connectivity index (χ0) is 11.4. The Morgan fingerprint density at radius 2 is 1.88 bits per heavy atom. The molecular formula is C11H14N2O2S. The molecule has 0 aliphatic carbocycles. The van der Waals surface area contributed by atoms with Crippen molar-refractivity contribution in [2.24, 2.45) is 0 Å². The van der Waals surface area contributed by atoms with Crippen LogP contribution >= 0.6 is 12.8 Å². The lowest BCUT2D eigenvalue weighted by Gasteiger charge is -2.26. The molecule has 0 spiro atoms. The van der Waals surface area contributed by atoms with Crippen LogP contribution in [0.4, 0.5) is 5.69 Å². The van der Waals surface area contributed by atoms with E-state index in [1.54, 1.807) is 12.1 Å². The van der Waals surface area contributed by atoms with E-state index in [4.69, 9.17) is 4.74 Å². The number of hydrogen-bond donors (Lipinski definition) is 2. The topological polar surface area (TPSA) is 41.6 Å². The summed E-state index contributed by atoms with van der Waals surface area (Å²) in [4.78, 5) is 13.8. The fourth-order valence-corrected chi connectivity index (χ4v) is 1.79. The molecule has 1 aliphatic rings. The lowest BCUT2D eigenvalue weighted by atomic mass is 10.2. The number of morpholine rings is 1. The zero-order valence-corrected chi connectivity index (χ0v) is 9.74. The van der Waals surface area contributed by atoms with Gasteiger partial charge in [-0.25, -0.2) is 0 Å². The van der Waals surface area contributed by atoms with Gasteiger partial charge in [0.25, 0.3) is 5.91 Å². The van der Waals surface area contributed by atoms with Crippen LogP contribution in [0.25, 0.3) is 0 Å². The van der Waals surface area contributed by atoms with Gasteiger partial charge in [-0.3, -0.25) is 4.79 Å². The third-order valence-electron chi connectivity index (χ3n) is 2.56. The minimum Gasteiger partial charge on any atom is -0.378 e. The highest BCUT2D eigenvalue weighted by Crippen LogP contribution is 2.12. The van der Waals surface area contributed by atoms with Gasteiger partial charge in [0.2, 0.25) is 0 Å². The first-order valence-corrected chi connectivity index (χ1v) is 5.63. The highest BCUT2D eigenvalue weighted by molar-refractivity contribution is 7.81. The van der Waals surface area contributed by atoms with Crippen LogP contribution in [-0.4, -0.2) is 37.1 Å². The molecule has 1 heterocycles. The van der Waals surface area contributed by atoms with Gasteiger partial charge in [-0.15, -0.1) is 0 Å². The van der Waals surface area contributed by atoms with E-state index in [0.717, 1.165) is 5.69 Å². The van der Waals surface area contributed by atoms with Crippen molar-refractivity contribution < 1.29 is 9.53 Å². The molecule has 0 atom stereocenters. The van der Waals surface area contributed by atoms with E-state index in [9.17, 15) is 4.79 Å². The molecule has 1 fully saturated rings. The molecule has 1 aliphatic heterocycles. The average Bonchev–Trinajstić information content (AvgIpc) is 2.39. The quantitative estimate of drug-likeness (QED) is 0.766. The standard InChI is InChI=1S/C11H14N2O2S/c14-11(13-5-7-15-8-6-13)9-1-3-10(12-16)4-2-9/h1-4,12,16H,5-8H2. The summed E-state index contributed by atoms with van der Waals surface area (Å²) in [6.45, 7) is 2.60. The second kappa shape index (κ2) is 5.23. The average molecular weight is 238 g/mol. The molecule has 0 bridgehead atoms. The number of ether oxygens (including phenoxy) is 1. The molecule has 1 N–H and O–H groups in total. The van der Waals surface area contributed by atoms with Crippen LogP contribution in [0.5, 0.6) is 0 Å². The molecule has 2 rings (SSSR count). The maximum Gasteiger partial charge on any atom is 0.254 e. The zero-order valence-electron chi connectivity index (χ0n) is 8.85. The first-order valence-electron chi connectivity index (χ1n) is 5.18. The van der Waals surface area contributed by atoms with E-state index >= 15 is 0 Å². The second-order valence-corrected chi connectivity index (χ2v) is 3.82. The number of hydrogen-bond acceptors (Lipinski definition) is 4. The van der Waals surface area contributed by atoms with Crippen LogP contribution in [-0.2, 0) is 4.74 Å². The molecule has 1 amide bonds. The van der Waals surface area contributed by atoms with Crippen molar-refractivity contribution >= 4 is 24.4 Å². The first kappa shape index (κ1) is 11.3. The molecule has 5 heteroatoms. The summed E-state index contributed by atoms with van der Waals surface area (Å²) in [5, 5.41) is 0. The molecule has 86 valence electrons. The predicted molar refractivity (Wildman–Crippen MR) is 65.8 cm³/mol. The van der Waals surface area contributed by atoms with Crippen LogP contribution in [0.1, 0.15) is 10.4 Å². The van der Waals surface area contributed by atoms with Gasteiger partial charge in [-0.2, -0.15) is 0 Å². The highest BCUT2D eigenvalue weighted by atomic mass is 32.1. The van der Waals surface area contributed by atoms with Crippen LogP contribution in [0.2, 0.25) is 0 Å². The molecule has 0 radical (unpaired) electrons. The minimum atomic E-state index is 0.0639. The fourth-order valence-electron chi connectivity index (χ4n) is 1.64. The van der Waals surface area contributed by atoms with Crippen LogP contribution in [0.15, 0.2) is 24.3 Å². The molecule has 1 aromatic carbocycles. The summed E-state index contributed by atoms with van der Waals surface area (Å²) in [5.74, 6) is 0.0639. The summed E-state index contributed by atoms with van der Waals surface area (Å²) in [7, 11) is 0. The summed E-state index contributed by atoms with van der Waals surface area (Å²) >= 11 is 3.94. The Balaban J connectivity index is 2.07. The van der Waals surface area contributed by atoms with Crippen molar-refractivity contribution in [3.05, 3.63) is 29.8 Å². The molecule has 0 unspecified atom stereocenters.